The fourth-order valence-corrected chi connectivity index (χ4v) is 2.64. The first kappa shape index (κ1) is 17.9. The van der Waals surface area contributed by atoms with Gasteiger partial charge in [-0.25, -0.2) is 9.97 Å². The van der Waals surface area contributed by atoms with Gasteiger partial charge in [0.15, 0.2) is 0 Å². The Morgan fingerprint density at radius 3 is 2.25 bits per heavy atom. The summed E-state index contributed by atoms with van der Waals surface area (Å²) in [7, 11) is 0. The van der Waals surface area contributed by atoms with E-state index in [1.165, 1.54) is 5.56 Å². The van der Waals surface area contributed by atoms with Gasteiger partial charge in [-0.2, -0.15) is 0 Å². The molecule has 0 aliphatic carbocycles. The first-order valence-corrected chi connectivity index (χ1v) is 8.25. The fourth-order valence-electron chi connectivity index (χ4n) is 2.64. The van der Waals surface area contributed by atoms with E-state index in [4.69, 9.17) is 0 Å². The largest absolute Gasteiger partial charge is 0.350 e. The molecule has 1 amide bonds. The van der Waals surface area contributed by atoms with E-state index in [-0.39, 0.29) is 5.91 Å². The lowest BCUT2D eigenvalue weighted by atomic mass is 10.1. The minimum atomic E-state index is -0.172. The molecule has 5 nitrogen and oxygen atoms in total. The molecule has 128 valence electrons. The number of carbonyl (C=O) groups excluding carboxylic acids is 1. The predicted octanol–water partition coefficient (Wildman–Crippen LogP) is 3.84. The molecule has 2 N–H and O–H groups in total. The van der Waals surface area contributed by atoms with Crippen LogP contribution in [0.25, 0.3) is 0 Å². The van der Waals surface area contributed by atoms with E-state index in [9.17, 15) is 4.79 Å². The second-order valence-electron chi connectivity index (χ2n) is 6.69. The van der Waals surface area contributed by atoms with E-state index in [0.717, 1.165) is 16.8 Å². The van der Waals surface area contributed by atoms with E-state index in [0.29, 0.717) is 29.8 Å². The molecular weight excluding hydrogens is 300 g/mol. The van der Waals surface area contributed by atoms with Gasteiger partial charge in [-0.3, -0.25) is 4.79 Å². The number of hydrogen-bond acceptors (Lipinski definition) is 4. The number of rotatable bonds is 5. The van der Waals surface area contributed by atoms with Crippen molar-refractivity contribution >= 4 is 17.4 Å². The first-order valence-electron chi connectivity index (χ1n) is 8.25. The van der Waals surface area contributed by atoms with E-state index in [1.54, 1.807) is 13.0 Å². The molecule has 5 heteroatoms. The van der Waals surface area contributed by atoms with Crippen LogP contribution in [0.15, 0.2) is 18.2 Å². The molecule has 0 spiro atoms. The molecule has 2 rings (SSSR count). The van der Waals surface area contributed by atoms with Crippen LogP contribution < -0.4 is 10.6 Å². The van der Waals surface area contributed by atoms with Gasteiger partial charge in [0.25, 0.3) is 5.91 Å². The first-order chi connectivity index (χ1) is 11.3. The lowest BCUT2D eigenvalue weighted by molar-refractivity contribution is 0.0943. The van der Waals surface area contributed by atoms with Crippen molar-refractivity contribution in [2.24, 2.45) is 5.92 Å². The highest BCUT2D eigenvalue weighted by Gasteiger charge is 2.12. The highest BCUT2D eigenvalue weighted by atomic mass is 16.1. The molecule has 24 heavy (non-hydrogen) atoms. The zero-order chi connectivity index (χ0) is 17.9. The number of nitrogens with zero attached hydrogens (tertiary/aromatic N) is 2. The molecule has 0 saturated heterocycles. The summed E-state index contributed by atoms with van der Waals surface area (Å²) in [5.74, 6) is 1.42. The van der Waals surface area contributed by atoms with Crippen LogP contribution in [0.1, 0.15) is 46.9 Å². The van der Waals surface area contributed by atoms with Gasteiger partial charge >= 0.3 is 0 Å². The quantitative estimate of drug-likeness (QED) is 0.876. The van der Waals surface area contributed by atoms with Crippen LogP contribution in [-0.4, -0.2) is 22.4 Å². The minimum Gasteiger partial charge on any atom is -0.350 e. The van der Waals surface area contributed by atoms with Crippen molar-refractivity contribution in [2.45, 2.75) is 41.5 Å². The van der Waals surface area contributed by atoms with E-state index in [1.807, 2.05) is 0 Å². The molecule has 1 aromatic carbocycles. The zero-order valence-electron chi connectivity index (χ0n) is 15.3. The number of aryl methyl sites for hydroxylation is 4. The summed E-state index contributed by atoms with van der Waals surface area (Å²) in [5.41, 5.74) is 4.92. The molecule has 2 aromatic rings. The van der Waals surface area contributed by atoms with Crippen molar-refractivity contribution < 1.29 is 4.79 Å². The Labute approximate surface area is 143 Å². The second kappa shape index (κ2) is 7.43. The Morgan fingerprint density at radius 2 is 1.67 bits per heavy atom. The van der Waals surface area contributed by atoms with Crippen molar-refractivity contribution in [3.05, 3.63) is 46.4 Å². The van der Waals surface area contributed by atoms with Gasteiger partial charge in [0, 0.05) is 18.3 Å². The molecule has 0 bridgehead atoms. The maximum absolute atomic E-state index is 12.3. The van der Waals surface area contributed by atoms with Crippen molar-refractivity contribution in [1.82, 2.24) is 15.3 Å². The van der Waals surface area contributed by atoms with Gasteiger partial charge in [0.05, 0.1) is 0 Å². The van der Waals surface area contributed by atoms with Gasteiger partial charge in [-0.1, -0.05) is 31.5 Å². The zero-order valence-corrected chi connectivity index (χ0v) is 15.3. The molecular formula is C19H26N4O. The molecule has 0 aliphatic heterocycles. The Morgan fingerprint density at radius 1 is 1.04 bits per heavy atom. The highest BCUT2D eigenvalue weighted by Crippen LogP contribution is 2.25. The Hall–Kier alpha value is -2.43. The van der Waals surface area contributed by atoms with Crippen LogP contribution in [-0.2, 0) is 0 Å². The summed E-state index contributed by atoms with van der Waals surface area (Å²) in [6, 6.07) is 5.95. The lowest BCUT2D eigenvalue weighted by Gasteiger charge is -2.14. The Bertz CT molecular complexity index is 730. The van der Waals surface area contributed by atoms with Crippen LogP contribution in [0.2, 0.25) is 0 Å². The molecule has 0 radical (unpaired) electrons. The van der Waals surface area contributed by atoms with Crippen LogP contribution in [0.5, 0.6) is 0 Å². The third kappa shape index (κ3) is 4.54. The van der Waals surface area contributed by atoms with Crippen molar-refractivity contribution in [3.63, 3.8) is 0 Å². The highest BCUT2D eigenvalue weighted by molar-refractivity contribution is 5.93. The average Bonchev–Trinajstić information content (AvgIpc) is 2.47. The number of nitrogens with one attached hydrogen (secondary N) is 2. The molecule has 0 atom stereocenters. The van der Waals surface area contributed by atoms with Crippen LogP contribution in [0, 0.1) is 33.6 Å². The van der Waals surface area contributed by atoms with Crippen molar-refractivity contribution in [3.8, 4) is 0 Å². The summed E-state index contributed by atoms with van der Waals surface area (Å²) < 4.78 is 0. The molecule has 0 fully saturated rings. The lowest BCUT2D eigenvalue weighted by Crippen LogP contribution is -2.28. The van der Waals surface area contributed by atoms with Crippen LogP contribution >= 0.6 is 0 Å². The third-order valence-corrected chi connectivity index (χ3v) is 3.67. The monoisotopic (exact) mass is 326 g/mol. The summed E-state index contributed by atoms with van der Waals surface area (Å²) in [5, 5.41) is 6.23. The summed E-state index contributed by atoms with van der Waals surface area (Å²) in [6.07, 6.45) is 0. The number of hydrogen-bond donors (Lipinski definition) is 2. The molecule has 1 heterocycles. The Kier molecular flexibility index (Phi) is 5.54. The van der Waals surface area contributed by atoms with Crippen LogP contribution in [0.4, 0.5) is 11.5 Å². The van der Waals surface area contributed by atoms with Crippen LogP contribution in [0.3, 0.4) is 0 Å². The van der Waals surface area contributed by atoms with Gasteiger partial charge in [-0.15, -0.1) is 0 Å². The van der Waals surface area contributed by atoms with Gasteiger partial charge in [0.2, 0.25) is 0 Å². The number of benzene rings is 1. The fraction of sp³-hybridized carbons (Fsp3) is 0.421. The predicted molar refractivity (Wildman–Crippen MR) is 97.9 cm³/mol. The normalized spacial score (nSPS) is 10.8. The van der Waals surface area contributed by atoms with E-state index in [2.05, 4.69) is 67.4 Å². The summed E-state index contributed by atoms with van der Waals surface area (Å²) in [6.45, 7) is 12.7. The second-order valence-corrected chi connectivity index (χ2v) is 6.69. The van der Waals surface area contributed by atoms with Gasteiger partial charge < -0.3 is 10.6 Å². The Balaban J connectivity index is 2.27. The standard InChI is InChI=1S/C19H26N4O/c1-11(2)10-20-19(24)16-9-17(22-15(6)21-16)23-18-13(4)7-12(3)8-14(18)5/h7-9,11H,10H2,1-6H3,(H,20,24)(H,21,22,23). The maximum atomic E-state index is 12.3. The molecule has 0 aliphatic rings. The average molecular weight is 326 g/mol. The third-order valence-electron chi connectivity index (χ3n) is 3.67. The van der Waals surface area contributed by atoms with Crippen molar-refractivity contribution in [2.75, 3.05) is 11.9 Å². The number of anilines is 2. The number of carbonyl (C=O) groups is 1. The summed E-state index contributed by atoms with van der Waals surface area (Å²) in [4.78, 5) is 20.9. The molecule has 0 unspecified atom stereocenters. The molecule has 0 saturated carbocycles. The summed E-state index contributed by atoms with van der Waals surface area (Å²) >= 11 is 0. The van der Waals surface area contributed by atoms with E-state index >= 15 is 0 Å². The van der Waals surface area contributed by atoms with Gasteiger partial charge in [-0.05, 0) is 44.7 Å². The molecule has 1 aromatic heterocycles. The minimum absolute atomic E-state index is 0.172. The van der Waals surface area contributed by atoms with Gasteiger partial charge in [0.1, 0.15) is 17.3 Å². The number of aromatic nitrogens is 2. The maximum Gasteiger partial charge on any atom is 0.270 e. The number of amides is 1. The smallest absolute Gasteiger partial charge is 0.270 e. The van der Waals surface area contributed by atoms with Crippen molar-refractivity contribution in [1.29, 1.82) is 0 Å². The van der Waals surface area contributed by atoms with E-state index < -0.39 is 0 Å². The SMILES string of the molecule is Cc1cc(C)c(Nc2cc(C(=O)NCC(C)C)nc(C)n2)c(C)c1. The topological polar surface area (TPSA) is 66.9 Å².